The van der Waals surface area contributed by atoms with Crippen LogP contribution in [0.25, 0.3) is 0 Å². The van der Waals surface area contributed by atoms with Gasteiger partial charge in [-0.3, -0.25) is 0 Å². The van der Waals surface area contributed by atoms with Gasteiger partial charge in [0.05, 0.1) is 0 Å². The summed E-state index contributed by atoms with van der Waals surface area (Å²) >= 11 is 12.4. The van der Waals surface area contributed by atoms with Crippen molar-refractivity contribution >= 4 is 23.2 Å². The van der Waals surface area contributed by atoms with Crippen molar-refractivity contribution in [3.8, 4) is 5.75 Å². The summed E-state index contributed by atoms with van der Waals surface area (Å²) in [6.07, 6.45) is 0. The summed E-state index contributed by atoms with van der Waals surface area (Å²) in [5.74, 6) is 0.799. The molecular formula is C22H21Cl2NO. The molecule has 1 atom stereocenters. The van der Waals surface area contributed by atoms with Crippen molar-refractivity contribution in [2.75, 3.05) is 0 Å². The Labute approximate surface area is 164 Å². The van der Waals surface area contributed by atoms with Crippen molar-refractivity contribution in [3.05, 3.63) is 99.5 Å². The minimum Gasteiger partial charge on any atom is -0.489 e. The summed E-state index contributed by atoms with van der Waals surface area (Å²) in [6, 6.07) is 24.2. The molecule has 0 aliphatic carbocycles. The van der Waals surface area contributed by atoms with Gasteiger partial charge in [0.1, 0.15) is 12.4 Å². The maximum Gasteiger partial charge on any atom is 0.120 e. The third kappa shape index (κ3) is 5.01. The molecule has 0 fully saturated rings. The summed E-state index contributed by atoms with van der Waals surface area (Å²) in [5, 5.41) is 4.77. The van der Waals surface area contributed by atoms with Crippen LogP contribution in [0.2, 0.25) is 10.0 Å². The van der Waals surface area contributed by atoms with Gasteiger partial charge in [-0.1, -0.05) is 71.7 Å². The highest BCUT2D eigenvalue weighted by molar-refractivity contribution is 6.35. The molecule has 3 aromatic rings. The Morgan fingerprint density at radius 3 is 2.31 bits per heavy atom. The zero-order valence-corrected chi connectivity index (χ0v) is 16.1. The van der Waals surface area contributed by atoms with Gasteiger partial charge in [-0.2, -0.15) is 0 Å². The van der Waals surface area contributed by atoms with E-state index >= 15 is 0 Å². The summed E-state index contributed by atoms with van der Waals surface area (Å²) in [7, 11) is 0. The fourth-order valence-electron chi connectivity index (χ4n) is 2.70. The highest BCUT2D eigenvalue weighted by Crippen LogP contribution is 2.26. The maximum atomic E-state index is 6.20. The number of nitrogens with one attached hydrogen (secondary N) is 1. The van der Waals surface area contributed by atoms with Crippen LogP contribution in [0.3, 0.4) is 0 Å². The van der Waals surface area contributed by atoms with Crippen LogP contribution >= 0.6 is 23.2 Å². The topological polar surface area (TPSA) is 21.3 Å². The molecule has 0 aliphatic rings. The Morgan fingerprint density at radius 1 is 0.885 bits per heavy atom. The highest BCUT2D eigenvalue weighted by atomic mass is 35.5. The first-order chi connectivity index (χ1) is 12.6. The average Bonchev–Trinajstić information content (AvgIpc) is 2.67. The van der Waals surface area contributed by atoms with Crippen molar-refractivity contribution in [1.82, 2.24) is 5.32 Å². The third-order valence-electron chi connectivity index (χ3n) is 4.26. The van der Waals surface area contributed by atoms with Crippen molar-refractivity contribution < 1.29 is 4.74 Å². The normalized spacial score (nSPS) is 12.0. The van der Waals surface area contributed by atoms with E-state index in [9.17, 15) is 0 Å². The second-order valence-electron chi connectivity index (χ2n) is 6.15. The Kier molecular flexibility index (Phi) is 6.56. The zero-order valence-electron chi connectivity index (χ0n) is 14.6. The monoisotopic (exact) mass is 385 g/mol. The molecular weight excluding hydrogens is 365 g/mol. The molecule has 1 N–H and O–H groups in total. The predicted octanol–water partition coefficient (Wildman–Crippen LogP) is 6.42. The molecule has 134 valence electrons. The Hall–Kier alpha value is -2.00. The van der Waals surface area contributed by atoms with E-state index in [2.05, 4.69) is 42.6 Å². The fraction of sp³-hybridized carbons (Fsp3) is 0.182. The van der Waals surface area contributed by atoms with Crippen LogP contribution in [0.4, 0.5) is 0 Å². The van der Waals surface area contributed by atoms with Gasteiger partial charge in [0.15, 0.2) is 0 Å². The van der Waals surface area contributed by atoms with E-state index in [-0.39, 0.29) is 6.04 Å². The lowest BCUT2D eigenvalue weighted by atomic mass is 10.1. The highest BCUT2D eigenvalue weighted by Gasteiger charge is 2.07. The summed E-state index contributed by atoms with van der Waals surface area (Å²) in [5.41, 5.74) is 3.24. The number of rotatable bonds is 7. The molecule has 0 aliphatic heterocycles. The predicted molar refractivity (Wildman–Crippen MR) is 109 cm³/mol. The minimum atomic E-state index is 0.280. The fourth-order valence-corrected chi connectivity index (χ4v) is 3.21. The quantitative estimate of drug-likeness (QED) is 0.506. The van der Waals surface area contributed by atoms with Gasteiger partial charge in [-0.25, -0.2) is 0 Å². The van der Waals surface area contributed by atoms with Crippen LogP contribution in [0.15, 0.2) is 72.8 Å². The largest absolute Gasteiger partial charge is 0.489 e. The summed E-state index contributed by atoms with van der Waals surface area (Å²) in [6.45, 7) is 3.27. The summed E-state index contributed by atoms with van der Waals surface area (Å²) in [4.78, 5) is 0. The molecule has 0 heterocycles. The number of hydrogen-bond donors (Lipinski definition) is 1. The van der Waals surface area contributed by atoms with Crippen molar-refractivity contribution in [1.29, 1.82) is 0 Å². The number of halogens is 2. The van der Waals surface area contributed by atoms with Gasteiger partial charge >= 0.3 is 0 Å². The molecule has 0 amide bonds. The molecule has 0 aromatic heterocycles. The molecule has 0 saturated heterocycles. The van der Waals surface area contributed by atoms with Gasteiger partial charge in [0.2, 0.25) is 0 Å². The average molecular weight is 386 g/mol. The first kappa shape index (κ1) is 18.8. The molecule has 0 saturated carbocycles. The third-order valence-corrected chi connectivity index (χ3v) is 4.96. The molecule has 3 rings (SSSR count). The number of benzene rings is 3. The minimum absolute atomic E-state index is 0.280. The molecule has 0 bridgehead atoms. The number of ether oxygens (including phenoxy) is 1. The van der Waals surface area contributed by atoms with Crippen LogP contribution < -0.4 is 10.1 Å². The van der Waals surface area contributed by atoms with Gasteiger partial charge in [0, 0.05) is 28.2 Å². The molecule has 0 radical (unpaired) electrons. The molecule has 0 spiro atoms. The van der Waals surface area contributed by atoms with Crippen molar-refractivity contribution in [3.63, 3.8) is 0 Å². The number of hydrogen-bond acceptors (Lipinski definition) is 2. The van der Waals surface area contributed by atoms with Crippen molar-refractivity contribution in [2.24, 2.45) is 0 Å². The van der Waals surface area contributed by atoms with E-state index in [0.29, 0.717) is 16.7 Å². The first-order valence-electron chi connectivity index (χ1n) is 8.56. The molecule has 4 heteroatoms. The Bertz CT molecular complexity index is 832. The van der Waals surface area contributed by atoms with Crippen LogP contribution in [0.5, 0.6) is 5.75 Å². The van der Waals surface area contributed by atoms with E-state index in [4.69, 9.17) is 27.9 Å². The standard InChI is InChI=1S/C22H21Cl2NO/c1-16(18-8-3-2-4-9-18)25-14-17-7-5-10-19(13-17)26-15-20-21(23)11-6-12-22(20)24/h2-13,16,25H,14-15H2,1H3. The van der Waals surface area contributed by atoms with Gasteiger partial charge in [-0.05, 0) is 42.3 Å². The zero-order chi connectivity index (χ0) is 18.4. The smallest absolute Gasteiger partial charge is 0.120 e. The van der Waals surface area contributed by atoms with E-state index in [0.717, 1.165) is 23.4 Å². The lowest BCUT2D eigenvalue weighted by Crippen LogP contribution is -2.17. The van der Waals surface area contributed by atoms with E-state index in [1.807, 2.05) is 42.5 Å². The van der Waals surface area contributed by atoms with Gasteiger partial charge in [-0.15, -0.1) is 0 Å². The Morgan fingerprint density at radius 2 is 1.58 bits per heavy atom. The first-order valence-corrected chi connectivity index (χ1v) is 9.32. The summed E-state index contributed by atoms with van der Waals surface area (Å²) < 4.78 is 5.89. The van der Waals surface area contributed by atoms with E-state index < -0.39 is 0 Å². The van der Waals surface area contributed by atoms with Crippen molar-refractivity contribution in [2.45, 2.75) is 26.1 Å². The second-order valence-corrected chi connectivity index (χ2v) is 6.96. The second kappa shape index (κ2) is 9.09. The molecule has 1 unspecified atom stereocenters. The van der Waals surface area contributed by atoms with Gasteiger partial charge in [0.25, 0.3) is 0 Å². The lowest BCUT2D eigenvalue weighted by Gasteiger charge is -2.15. The van der Waals surface area contributed by atoms with Crippen LogP contribution in [0.1, 0.15) is 29.7 Å². The van der Waals surface area contributed by atoms with E-state index in [1.165, 1.54) is 5.56 Å². The van der Waals surface area contributed by atoms with Crippen LogP contribution in [-0.2, 0) is 13.2 Å². The Balaban J connectivity index is 1.60. The van der Waals surface area contributed by atoms with E-state index in [1.54, 1.807) is 0 Å². The molecule has 26 heavy (non-hydrogen) atoms. The molecule has 3 aromatic carbocycles. The SMILES string of the molecule is CC(NCc1cccc(OCc2c(Cl)cccc2Cl)c1)c1ccccc1. The lowest BCUT2D eigenvalue weighted by molar-refractivity contribution is 0.306. The van der Waals surface area contributed by atoms with Gasteiger partial charge < -0.3 is 10.1 Å². The maximum absolute atomic E-state index is 6.20. The molecule has 2 nitrogen and oxygen atoms in total. The van der Waals surface area contributed by atoms with Crippen LogP contribution in [-0.4, -0.2) is 0 Å². The van der Waals surface area contributed by atoms with Crippen LogP contribution in [0, 0.1) is 0 Å².